The van der Waals surface area contributed by atoms with E-state index in [4.69, 9.17) is 4.74 Å². The van der Waals surface area contributed by atoms with Gasteiger partial charge in [-0.25, -0.2) is 0 Å². The van der Waals surface area contributed by atoms with Crippen molar-refractivity contribution in [3.05, 3.63) is 35.9 Å². The predicted molar refractivity (Wildman–Crippen MR) is 88.6 cm³/mol. The Morgan fingerprint density at radius 2 is 1.95 bits per heavy atom. The summed E-state index contributed by atoms with van der Waals surface area (Å²) in [4.78, 5) is 2.61. The predicted octanol–water partition coefficient (Wildman–Crippen LogP) is 2.56. The lowest BCUT2D eigenvalue weighted by molar-refractivity contribution is 0.0283. The number of nitrogens with one attached hydrogen (secondary N) is 1. The molecule has 1 N–H and O–H groups in total. The van der Waals surface area contributed by atoms with E-state index >= 15 is 0 Å². The van der Waals surface area contributed by atoms with Gasteiger partial charge in [0.2, 0.25) is 0 Å². The zero-order valence-electron chi connectivity index (χ0n) is 13.9. The summed E-state index contributed by atoms with van der Waals surface area (Å²) in [6, 6.07) is 11.9. The maximum atomic E-state index is 5.47. The summed E-state index contributed by atoms with van der Waals surface area (Å²) < 4.78 is 5.47. The van der Waals surface area contributed by atoms with Gasteiger partial charge in [0.25, 0.3) is 0 Å². The average molecular weight is 290 g/mol. The van der Waals surface area contributed by atoms with Gasteiger partial charge in [0.05, 0.1) is 6.10 Å². The quantitative estimate of drug-likeness (QED) is 0.871. The van der Waals surface area contributed by atoms with Crippen molar-refractivity contribution >= 4 is 0 Å². The van der Waals surface area contributed by atoms with Gasteiger partial charge in [-0.3, -0.25) is 4.90 Å². The Bertz CT molecular complexity index is 407. The fourth-order valence-electron chi connectivity index (χ4n) is 3.21. The van der Waals surface area contributed by atoms with Crippen LogP contribution in [0.1, 0.15) is 26.3 Å². The number of rotatable bonds is 6. The molecule has 0 aromatic heterocycles. The lowest BCUT2D eigenvalue weighted by atomic mass is 9.95. The normalized spacial score (nSPS) is 25.2. The zero-order chi connectivity index (χ0) is 15.2. The molecule has 1 fully saturated rings. The third-order valence-corrected chi connectivity index (χ3v) is 4.53. The highest BCUT2D eigenvalue weighted by Gasteiger charge is 2.30. The van der Waals surface area contributed by atoms with Crippen LogP contribution in [0.3, 0.4) is 0 Å². The van der Waals surface area contributed by atoms with Crippen LogP contribution in [0.15, 0.2) is 30.3 Å². The first-order chi connectivity index (χ1) is 10.1. The highest BCUT2D eigenvalue weighted by atomic mass is 16.5. The Hall–Kier alpha value is -0.900. The summed E-state index contributed by atoms with van der Waals surface area (Å²) in [6.07, 6.45) is 1.39. The van der Waals surface area contributed by atoms with E-state index in [9.17, 15) is 0 Å². The van der Waals surface area contributed by atoms with Gasteiger partial charge in [-0.05, 0) is 24.8 Å². The molecule has 3 nitrogen and oxygen atoms in total. The van der Waals surface area contributed by atoms with Crippen LogP contribution in [0.4, 0.5) is 0 Å². The number of ether oxygens (including phenoxy) is 1. The highest BCUT2D eigenvalue weighted by Crippen LogP contribution is 2.18. The number of hydrogen-bond donors (Lipinski definition) is 1. The summed E-state index contributed by atoms with van der Waals surface area (Å²) in [5.74, 6) is 0.666. The Morgan fingerprint density at radius 3 is 2.57 bits per heavy atom. The zero-order valence-corrected chi connectivity index (χ0v) is 13.9. The molecule has 1 aromatic rings. The first-order valence-electron chi connectivity index (χ1n) is 8.14. The third kappa shape index (κ3) is 4.80. The Balaban J connectivity index is 1.97. The summed E-state index contributed by atoms with van der Waals surface area (Å²) in [5.41, 5.74) is 1.41. The van der Waals surface area contributed by atoms with Crippen molar-refractivity contribution in [1.29, 1.82) is 0 Å². The molecule has 0 radical (unpaired) electrons. The van der Waals surface area contributed by atoms with E-state index in [0.717, 1.165) is 26.1 Å². The van der Waals surface area contributed by atoms with Crippen molar-refractivity contribution in [2.45, 2.75) is 45.4 Å². The molecule has 3 heteroatoms. The van der Waals surface area contributed by atoms with Gasteiger partial charge in [0, 0.05) is 38.8 Å². The second kappa shape index (κ2) is 7.92. The first-order valence-corrected chi connectivity index (χ1v) is 8.14. The van der Waals surface area contributed by atoms with E-state index in [1.54, 1.807) is 7.11 Å². The van der Waals surface area contributed by atoms with Gasteiger partial charge < -0.3 is 10.1 Å². The number of hydrogen-bond acceptors (Lipinski definition) is 3. The van der Waals surface area contributed by atoms with Crippen molar-refractivity contribution in [3.63, 3.8) is 0 Å². The van der Waals surface area contributed by atoms with Gasteiger partial charge in [-0.1, -0.05) is 44.2 Å². The lowest BCUT2D eigenvalue weighted by Gasteiger charge is -2.43. The van der Waals surface area contributed by atoms with Crippen LogP contribution in [0, 0.1) is 5.92 Å². The van der Waals surface area contributed by atoms with Gasteiger partial charge >= 0.3 is 0 Å². The fraction of sp³-hybridized carbons (Fsp3) is 0.667. The first kappa shape index (κ1) is 16.5. The van der Waals surface area contributed by atoms with E-state index < -0.39 is 0 Å². The van der Waals surface area contributed by atoms with Crippen molar-refractivity contribution in [1.82, 2.24) is 10.2 Å². The van der Waals surface area contributed by atoms with Crippen LogP contribution in [0.5, 0.6) is 0 Å². The van der Waals surface area contributed by atoms with Crippen molar-refractivity contribution in [3.8, 4) is 0 Å². The largest absolute Gasteiger partial charge is 0.380 e. The number of methoxy groups -OCH3 is 1. The van der Waals surface area contributed by atoms with Crippen molar-refractivity contribution < 1.29 is 4.74 Å². The highest BCUT2D eigenvalue weighted by molar-refractivity contribution is 5.16. The van der Waals surface area contributed by atoms with E-state index in [1.807, 2.05) is 0 Å². The molecule has 0 amide bonds. The van der Waals surface area contributed by atoms with Crippen molar-refractivity contribution in [2.75, 3.05) is 26.7 Å². The lowest BCUT2D eigenvalue weighted by Crippen LogP contribution is -2.60. The minimum Gasteiger partial charge on any atom is -0.380 e. The molecular weight excluding hydrogens is 260 g/mol. The standard InChI is InChI=1S/C18H30N2O/c1-14(2)18-11-19-17(10-16-8-6-5-7-9-16)13-20(18)12-15(3)21-4/h5-9,14-15,17-19H,10-13H2,1-4H3. The van der Waals surface area contributed by atoms with Crippen LogP contribution >= 0.6 is 0 Å². The second-order valence-corrected chi connectivity index (χ2v) is 6.61. The van der Waals surface area contributed by atoms with Gasteiger partial charge in [-0.15, -0.1) is 0 Å². The van der Waals surface area contributed by atoms with Gasteiger partial charge in [-0.2, -0.15) is 0 Å². The second-order valence-electron chi connectivity index (χ2n) is 6.61. The monoisotopic (exact) mass is 290 g/mol. The van der Waals surface area contributed by atoms with E-state index in [0.29, 0.717) is 24.1 Å². The smallest absolute Gasteiger partial charge is 0.0670 e. The molecule has 0 spiro atoms. The van der Waals surface area contributed by atoms with Gasteiger partial charge in [0.1, 0.15) is 0 Å². The van der Waals surface area contributed by atoms with Crippen LogP contribution < -0.4 is 5.32 Å². The topological polar surface area (TPSA) is 24.5 Å². The summed E-state index contributed by atoms with van der Waals surface area (Å²) in [5, 5.41) is 3.74. The molecule has 1 aliphatic rings. The van der Waals surface area contributed by atoms with Crippen LogP contribution in [-0.4, -0.2) is 49.8 Å². The molecule has 3 unspecified atom stereocenters. The Kier molecular flexibility index (Phi) is 6.22. The van der Waals surface area contributed by atoms with Crippen molar-refractivity contribution in [2.24, 2.45) is 5.92 Å². The SMILES string of the molecule is COC(C)CN1CC(Cc2ccccc2)NCC1C(C)C. The molecule has 1 aliphatic heterocycles. The van der Waals surface area contributed by atoms with Crippen LogP contribution in [0.25, 0.3) is 0 Å². The molecule has 1 heterocycles. The van der Waals surface area contributed by atoms with Crippen LogP contribution in [-0.2, 0) is 11.2 Å². The summed E-state index contributed by atoms with van der Waals surface area (Å²) >= 11 is 0. The van der Waals surface area contributed by atoms with Gasteiger partial charge in [0.15, 0.2) is 0 Å². The molecule has 3 atom stereocenters. The third-order valence-electron chi connectivity index (χ3n) is 4.53. The average Bonchev–Trinajstić information content (AvgIpc) is 2.48. The Morgan fingerprint density at radius 1 is 1.24 bits per heavy atom. The molecule has 21 heavy (non-hydrogen) atoms. The van der Waals surface area contributed by atoms with E-state index in [-0.39, 0.29) is 0 Å². The maximum absolute atomic E-state index is 5.47. The number of piperazine rings is 1. The summed E-state index contributed by atoms with van der Waals surface area (Å²) in [6.45, 7) is 9.98. The maximum Gasteiger partial charge on any atom is 0.0670 e. The summed E-state index contributed by atoms with van der Waals surface area (Å²) in [7, 11) is 1.80. The van der Waals surface area contributed by atoms with E-state index in [1.165, 1.54) is 5.56 Å². The molecule has 118 valence electrons. The van der Waals surface area contributed by atoms with Crippen LogP contribution in [0.2, 0.25) is 0 Å². The molecule has 0 saturated carbocycles. The minimum atomic E-state index is 0.293. The Labute approximate surface area is 129 Å². The molecule has 0 aliphatic carbocycles. The minimum absolute atomic E-state index is 0.293. The molecule has 1 saturated heterocycles. The molecular formula is C18H30N2O. The number of benzene rings is 1. The van der Waals surface area contributed by atoms with E-state index in [2.05, 4.69) is 61.3 Å². The number of nitrogens with zero attached hydrogens (tertiary/aromatic N) is 1. The molecule has 1 aromatic carbocycles. The fourth-order valence-corrected chi connectivity index (χ4v) is 3.21. The molecule has 2 rings (SSSR count). The molecule has 0 bridgehead atoms.